The van der Waals surface area contributed by atoms with Crippen LogP contribution < -0.4 is 5.32 Å². The van der Waals surface area contributed by atoms with Crippen LogP contribution in [-0.2, 0) is 4.74 Å². The summed E-state index contributed by atoms with van der Waals surface area (Å²) in [4.78, 5) is 21.5. The van der Waals surface area contributed by atoms with E-state index in [0.29, 0.717) is 18.7 Å². The molecule has 1 heterocycles. The minimum atomic E-state index is -1.46. The molecule has 0 radical (unpaired) electrons. The maximum absolute atomic E-state index is 13.8. The summed E-state index contributed by atoms with van der Waals surface area (Å²) in [5, 5.41) is 13.0. The van der Waals surface area contributed by atoms with Gasteiger partial charge in [0, 0.05) is 25.1 Å². The second kappa shape index (κ2) is 6.13. The van der Waals surface area contributed by atoms with E-state index < -0.39 is 33.7 Å². The number of ether oxygens (including phenoxy) is 1. The lowest BCUT2D eigenvalue weighted by Gasteiger charge is -2.15. The third-order valence-electron chi connectivity index (χ3n) is 3.55. The highest BCUT2D eigenvalue weighted by Gasteiger charge is 2.28. The van der Waals surface area contributed by atoms with Gasteiger partial charge in [0.15, 0.2) is 0 Å². The Hall–Kier alpha value is -2.09. The lowest BCUT2D eigenvalue weighted by molar-refractivity contribution is -0.387. The Labute approximate surface area is 119 Å². The maximum atomic E-state index is 13.8. The van der Waals surface area contributed by atoms with Crippen LogP contribution in [0, 0.1) is 27.7 Å². The van der Waals surface area contributed by atoms with Gasteiger partial charge in [-0.2, -0.15) is 4.39 Å². The average Bonchev–Trinajstić information content (AvgIpc) is 2.81. The van der Waals surface area contributed by atoms with Crippen LogP contribution in [0.15, 0.2) is 12.1 Å². The molecule has 1 aromatic rings. The van der Waals surface area contributed by atoms with Crippen molar-refractivity contribution in [1.82, 2.24) is 5.32 Å². The minimum Gasteiger partial charge on any atom is -0.378 e. The molecule has 6 nitrogen and oxygen atoms in total. The highest BCUT2D eigenvalue weighted by atomic mass is 19.1. The van der Waals surface area contributed by atoms with Crippen molar-refractivity contribution in [3.05, 3.63) is 39.4 Å². The first-order valence-electron chi connectivity index (χ1n) is 6.44. The number of benzene rings is 1. The number of nitro benzene ring substituents is 1. The highest BCUT2D eigenvalue weighted by Crippen LogP contribution is 2.24. The summed E-state index contributed by atoms with van der Waals surface area (Å²) in [5.74, 6) is -3.55. The molecule has 1 aromatic carbocycles. The summed E-state index contributed by atoms with van der Waals surface area (Å²) in [5.41, 5.74) is -1.87. The predicted molar refractivity (Wildman–Crippen MR) is 68.9 cm³/mol. The molecule has 1 amide bonds. The van der Waals surface area contributed by atoms with Crippen LogP contribution in [-0.4, -0.2) is 30.1 Å². The molecule has 2 atom stereocenters. The summed E-state index contributed by atoms with van der Waals surface area (Å²) in [6.45, 7) is 2.61. The molecule has 8 heteroatoms. The van der Waals surface area contributed by atoms with Crippen LogP contribution in [0.4, 0.5) is 14.5 Å². The summed E-state index contributed by atoms with van der Waals surface area (Å²) >= 11 is 0. The molecule has 0 saturated carbocycles. The minimum absolute atomic E-state index is 0.0508. The number of nitrogens with zero attached hydrogens (tertiary/aromatic N) is 1. The Bertz CT molecular complexity index is 580. The van der Waals surface area contributed by atoms with Gasteiger partial charge in [0.2, 0.25) is 5.82 Å². The van der Waals surface area contributed by atoms with Crippen molar-refractivity contribution < 1.29 is 23.2 Å². The highest BCUT2D eigenvalue weighted by molar-refractivity contribution is 5.95. The molecule has 0 aromatic heterocycles. The van der Waals surface area contributed by atoms with E-state index in [0.717, 1.165) is 6.42 Å². The molecule has 2 unspecified atom stereocenters. The van der Waals surface area contributed by atoms with Crippen molar-refractivity contribution in [2.75, 3.05) is 13.2 Å². The van der Waals surface area contributed by atoms with Crippen molar-refractivity contribution in [1.29, 1.82) is 0 Å². The summed E-state index contributed by atoms with van der Waals surface area (Å²) < 4.78 is 32.7. The molecular weight excluding hydrogens is 286 g/mol. The first-order valence-corrected chi connectivity index (χ1v) is 6.44. The fourth-order valence-electron chi connectivity index (χ4n) is 2.25. The van der Waals surface area contributed by atoms with E-state index in [9.17, 15) is 23.7 Å². The Balaban J connectivity index is 2.15. The van der Waals surface area contributed by atoms with Crippen LogP contribution in [0.2, 0.25) is 0 Å². The molecule has 1 fully saturated rings. The largest absolute Gasteiger partial charge is 0.378 e. The topological polar surface area (TPSA) is 81.5 Å². The molecule has 114 valence electrons. The molecule has 1 saturated heterocycles. The number of carbonyl (C=O) groups excluding carboxylic acids is 1. The Morgan fingerprint density at radius 3 is 2.81 bits per heavy atom. The zero-order valence-electron chi connectivity index (χ0n) is 11.3. The summed E-state index contributed by atoms with van der Waals surface area (Å²) in [6, 6.07) is 1.39. The van der Waals surface area contributed by atoms with Gasteiger partial charge in [0.1, 0.15) is 11.4 Å². The van der Waals surface area contributed by atoms with Gasteiger partial charge in [0.25, 0.3) is 5.91 Å². The maximum Gasteiger partial charge on any atom is 0.305 e. The summed E-state index contributed by atoms with van der Waals surface area (Å²) in [6.07, 6.45) is 0.687. The van der Waals surface area contributed by atoms with E-state index in [-0.39, 0.29) is 18.6 Å². The smallest absolute Gasteiger partial charge is 0.305 e. The molecule has 1 aliphatic rings. The van der Waals surface area contributed by atoms with Crippen LogP contribution in [0.25, 0.3) is 0 Å². The standard InChI is InChI=1S/C13H14F2N2O4/c1-7-8(4-5-21-7)6-16-13(18)11-9(14)2-3-10(12(11)15)17(19)20/h2-3,7-8H,4-6H2,1H3,(H,16,18). The van der Waals surface area contributed by atoms with E-state index in [1.807, 2.05) is 6.92 Å². The molecule has 21 heavy (non-hydrogen) atoms. The van der Waals surface area contributed by atoms with Crippen molar-refractivity contribution >= 4 is 11.6 Å². The monoisotopic (exact) mass is 300 g/mol. The van der Waals surface area contributed by atoms with Crippen molar-refractivity contribution in [3.8, 4) is 0 Å². The first kappa shape index (κ1) is 15.3. The molecule has 0 spiro atoms. The van der Waals surface area contributed by atoms with Crippen molar-refractivity contribution in [2.45, 2.75) is 19.4 Å². The molecule has 2 rings (SSSR count). The fourth-order valence-corrected chi connectivity index (χ4v) is 2.25. The third kappa shape index (κ3) is 3.15. The van der Waals surface area contributed by atoms with E-state index >= 15 is 0 Å². The predicted octanol–water partition coefficient (Wildman–Crippen LogP) is 2.03. The Morgan fingerprint density at radius 2 is 2.24 bits per heavy atom. The third-order valence-corrected chi connectivity index (χ3v) is 3.55. The molecule has 0 aliphatic carbocycles. The molecule has 1 N–H and O–H groups in total. The van der Waals surface area contributed by atoms with Gasteiger partial charge in [-0.3, -0.25) is 14.9 Å². The van der Waals surface area contributed by atoms with Crippen molar-refractivity contribution in [3.63, 3.8) is 0 Å². The van der Waals surface area contributed by atoms with Gasteiger partial charge in [-0.25, -0.2) is 4.39 Å². The van der Waals surface area contributed by atoms with Crippen LogP contribution in [0.5, 0.6) is 0 Å². The number of amides is 1. The number of carbonyl (C=O) groups is 1. The van der Waals surface area contributed by atoms with E-state index in [1.54, 1.807) is 0 Å². The number of halogens is 2. The van der Waals surface area contributed by atoms with E-state index in [4.69, 9.17) is 4.74 Å². The summed E-state index contributed by atoms with van der Waals surface area (Å²) in [7, 11) is 0. The number of rotatable bonds is 4. The van der Waals surface area contributed by atoms with Crippen LogP contribution in [0.3, 0.4) is 0 Å². The number of hydrogen-bond donors (Lipinski definition) is 1. The van der Waals surface area contributed by atoms with Crippen LogP contribution >= 0.6 is 0 Å². The zero-order chi connectivity index (χ0) is 15.6. The molecular formula is C13H14F2N2O4. The van der Waals surface area contributed by atoms with Gasteiger partial charge in [-0.1, -0.05) is 0 Å². The quantitative estimate of drug-likeness (QED) is 0.681. The Kier molecular flexibility index (Phi) is 4.46. The second-order valence-corrected chi connectivity index (χ2v) is 4.85. The fraction of sp³-hybridized carbons (Fsp3) is 0.462. The first-order chi connectivity index (χ1) is 9.91. The normalized spacial score (nSPS) is 21.3. The number of hydrogen-bond acceptors (Lipinski definition) is 4. The van der Waals surface area contributed by atoms with E-state index in [2.05, 4.69) is 5.32 Å². The van der Waals surface area contributed by atoms with Crippen LogP contribution in [0.1, 0.15) is 23.7 Å². The lowest BCUT2D eigenvalue weighted by Crippen LogP contribution is -2.33. The zero-order valence-corrected chi connectivity index (χ0v) is 11.3. The van der Waals surface area contributed by atoms with Gasteiger partial charge in [-0.05, 0) is 19.4 Å². The number of nitrogens with one attached hydrogen (secondary N) is 1. The Morgan fingerprint density at radius 1 is 1.52 bits per heavy atom. The van der Waals surface area contributed by atoms with E-state index in [1.165, 1.54) is 0 Å². The van der Waals surface area contributed by atoms with Gasteiger partial charge < -0.3 is 10.1 Å². The molecule has 1 aliphatic heterocycles. The SMILES string of the molecule is CC1OCCC1CNC(=O)c1c(F)ccc([N+](=O)[O-])c1F. The van der Waals surface area contributed by atoms with Gasteiger partial charge >= 0.3 is 5.69 Å². The lowest BCUT2D eigenvalue weighted by atomic mass is 10.0. The second-order valence-electron chi connectivity index (χ2n) is 4.85. The van der Waals surface area contributed by atoms with Crippen molar-refractivity contribution in [2.24, 2.45) is 5.92 Å². The average molecular weight is 300 g/mol. The van der Waals surface area contributed by atoms with Gasteiger partial charge in [-0.15, -0.1) is 0 Å². The molecule has 0 bridgehead atoms. The van der Waals surface area contributed by atoms with Gasteiger partial charge in [0.05, 0.1) is 11.0 Å². The number of nitro groups is 1.